The predicted octanol–water partition coefficient (Wildman–Crippen LogP) is 5.51. The number of hydrogen-bond acceptors (Lipinski definition) is 4. The Morgan fingerprint density at radius 3 is 2.40 bits per heavy atom. The molecule has 4 nitrogen and oxygen atoms in total. The van der Waals surface area contributed by atoms with Gasteiger partial charge in [0.2, 0.25) is 0 Å². The SMILES string of the molecule is CC/C=C\C/C=C\C/C=C\CCCCCCCC(=O)OC1=NCCO1. The van der Waals surface area contributed by atoms with Crippen LogP contribution in [0.3, 0.4) is 0 Å². The topological polar surface area (TPSA) is 47.9 Å². The highest BCUT2D eigenvalue weighted by Gasteiger charge is 2.13. The van der Waals surface area contributed by atoms with Crippen molar-refractivity contribution in [1.82, 2.24) is 0 Å². The van der Waals surface area contributed by atoms with Crippen LogP contribution < -0.4 is 0 Å². The largest absolute Gasteiger partial charge is 0.448 e. The third-order valence-corrected chi connectivity index (χ3v) is 3.79. The fourth-order valence-electron chi connectivity index (χ4n) is 2.41. The van der Waals surface area contributed by atoms with E-state index in [0.717, 1.165) is 38.5 Å². The Morgan fingerprint density at radius 1 is 1.00 bits per heavy atom. The number of rotatable bonds is 13. The Hall–Kier alpha value is -1.84. The number of aliphatic imine (C=N–C) groups is 1. The minimum atomic E-state index is -0.234. The van der Waals surface area contributed by atoms with Gasteiger partial charge in [-0.1, -0.05) is 62.6 Å². The van der Waals surface area contributed by atoms with Crippen molar-refractivity contribution in [3.63, 3.8) is 0 Å². The average molecular weight is 347 g/mol. The number of carbonyl (C=O) groups excluding carboxylic acids is 1. The second-order valence-corrected chi connectivity index (χ2v) is 6.07. The molecule has 140 valence electrons. The van der Waals surface area contributed by atoms with Gasteiger partial charge in [-0.3, -0.25) is 4.79 Å². The Bertz CT molecular complexity index is 464. The highest BCUT2D eigenvalue weighted by Crippen LogP contribution is 2.09. The monoisotopic (exact) mass is 347 g/mol. The molecule has 0 atom stereocenters. The van der Waals surface area contributed by atoms with Gasteiger partial charge < -0.3 is 9.47 Å². The van der Waals surface area contributed by atoms with Crippen LogP contribution in [0.4, 0.5) is 0 Å². The molecule has 0 spiro atoms. The molecule has 25 heavy (non-hydrogen) atoms. The van der Waals surface area contributed by atoms with E-state index in [1.165, 1.54) is 19.3 Å². The Morgan fingerprint density at radius 2 is 1.68 bits per heavy atom. The minimum absolute atomic E-state index is 0.143. The summed E-state index contributed by atoms with van der Waals surface area (Å²) in [7, 11) is 0. The molecule has 4 heteroatoms. The van der Waals surface area contributed by atoms with Gasteiger partial charge in [-0.25, -0.2) is 4.99 Å². The van der Waals surface area contributed by atoms with Crippen molar-refractivity contribution < 1.29 is 14.3 Å². The maximum atomic E-state index is 11.5. The lowest BCUT2D eigenvalue weighted by Crippen LogP contribution is -2.12. The quantitative estimate of drug-likeness (QED) is 0.251. The van der Waals surface area contributed by atoms with Gasteiger partial charge in [-0.2, -0.15) is 0 Å². The molecule has 0 aromatic rings. The van der Waals surface area contributed by atoms with Gasteiger partial charge in [0.1, 0.15) is 6.61 Å². The first-order valence-electron chi connectivity index (χ1n) is 9.66. The number of unbranched alkanes of at least 4 members (excludes halogenated alkanes) is 5. The van der Waals surface area contributed by atoms with Crippen molar-refractivity contribution in [1.29, 1.82) is 0 Å². The molecular formula is C21H33NO3. The zero-order chi connectivity index (χ0) is 18.0. The van der Waals surface area contributed by atoms with E-state index in [2.05, 4.69) is 48.4 Å². The number of allylic oxidation sites excluding steroid dienone is 6. The van der Waals surface area contributed by atoms with Gasteiger partial charge >= 0.3 is 12.1 Å². The molecule has 0 aromatic carbocycles. The van der Waals surface area contributed by atoms with E-state index in [1.807, 2.05) is 0 Å². The van der Waals surface area contributed by atoms with E-state index < -0.39 is 0 Å². The molecule has 0 amide bonds. The van der Waals surface area contributed by atoms with Crippen molar-refractivity contribution in [3.05, 3.63) is 36.5 Å². The van der Waals surface area contributed by atoms with E-state index in [-0.39, 0.29) is 12.1 Å². The molecular weight excluding hydrogens is 314 g/mol. The molecule has 0 aromatic heterocycles. The van der Waals surface area contributed by atoms with Crippen LogP contribution in [-0.2, 0) is 14.3 Å². The molecule has 0 N–H and O–H groups in total. The first-order chi connectivity index (χ1) is 12.3. The number of ether oxygens (including phenoxy) is 2. The number of nitrogens with zero attached hydrogens (tertiary/aromatic N) is 1. The van der Waals surface area contributed by atoms with Crippen LogP contribution in [0.2, 0.25) is 0 Å². The molecule has 0 fully saturated rings. The molecule has 1 rings (SSSR count). The molecule has 0 bridgehead atoms. The normalized spacial score (nSPS) is 14.5. The maximum Gasteiger partial charge on any atom is 0.391 e. The molecule has 0 saturated carbocycles. The lowest BCUT2D eigenvalue weighted by molar-refractivity contribution is -0.137. The zero-order valence-corrected chi connectivity index (χ0v) is 15.6. The van der Waals surface area contributed by atoms with Crippen LogP contribution in [-0.4, -0.2) is 25.2 Å². The van der Waals surface area contributed by atoms with E-state index in [4.69, 9.17) is 9.47 Å². The third kappa shape index (κ3) is 13.2. The van der Waals surface area contributed by atoms with Crippen molar-refractivity contribution in [2.75, 3.05) is 13.2 Å². The molecule has 1 aliphatic heterocycles. The molecule has 1 heterocycles. The summed E-state index contributed by atoms with van der Waals surface area (Å²) < 4.78 is 10.0. The first-order valence-corrected chi connectivity index (χ1v) is 9.66. The molecule has 0 aliphatic carbocycles. The van der Waals surface area contributed by atoms with Crippen molar-refractivity contribution in [2.45, 2.75) is 71.1 Å². The van der Waals surface area contributed by atoms with Crippen LogP contribution >= 0.6 is 0 Å². The van der Waals surface area contributed by atoms with E-state index >= 15 is 0 Å². The van der Waals surface area contributed by atoms with Gasteiger partial charge in [-0.05, 0) is 38.5 Å². The van der Waals surface area contributed by atoms with Gasteiger partial charge in [0.05, 0.1) is 6.54 Å². The van der Waals surface area contributed by atoms with Crippen molar-refractivity contribution >= 4 is 12.1 Å². The minimum Gasteiger partial charge on any atom is -0.448 e. The fraction of sp³-hybridized carbons (Fsp3) is 0.619. The highest BCUT2D eigenvalue weighted by molar-refractivity contribution is 5.84. The number of carbonyl (C=O) groups is 1. The summed E-state index contributed by atoms with van der Waals surface area (Å²) >= 11 is 0. The summed E-state index contributed by atoms with van der Waals surface area (Å²) in [5.41, 5.74) is 0. The summed E-state index contributed by atoms with van der Waals surface area (Å²) in [5.74, 6) is -0.234. The summed E-state index contributed by atoms with van der Waals surface area (Å²) in [5, 5.41) is 0. The molecule has 0 unspecified atom stereocenters. The molecule has 0 saturated heterocycles. The Kier molecular flexibility index (Phi) is 13.3. The Labute approximate surface area is 152 Å². The van der Waals surface area contributed by atoms with Crippen LogP contribution in [0.25, 0.3) is 0 Å². The lowest BCUT2D eigenvalue weighted by atomic mass is 10.1. The Balaban J connectivity index is 1.84. The van der Waals surface area contributed by atoms with Crippen LogP contribution in [0, 0.1) is 0 Å². The second-order valence-electron chi connectivity index (χ2n) is 6.07. The maximum absolute atomic E-state index is 11.5. The zero-order valence-electron chi connectivity index (χ0n) is 15.6. The fourth-order valence-corrected chi connectivity index (χ4v) is 2.41. The van der Waals surface area contributed by atoms with Crippen molar-refractivity contribution in [2.24, 2.45) is 4.99 Å². The van der Waals surface area contributed by atoms with E-state index in [0.29, 0.717) is 19.6 Å². The summed E-state index contributed by atoms with van der Waals surface area (Å²) in [6.07, 6.45) is 23.8. The third-order valence-electron chi connectivity index (χ3n) is 3.79. The lowest BCUT2D eigenvalue weighted by Gasteiger charge is -2.03. The summed E-state index contributed by atoms with van der Waals surface area (Å²) in [4.78, 5) is 15.5. The predicted molar refractivity (Wildman–Crippen MR) is 104 cm³/mol. The van der Waals surface area contributed by atoms with Crippen LogP contribution in [0.15, 0.2) is 41.4 Å². The average Bonchev–Trinajstić information content (AvgIpc) is 3.11. The molecule has 1 aliphatic rings. The smallest absolute Gasteiger partial charge is 0.391 e. The van der Waals surface area contributed by atoms with Gasteiger partial charge in [0.15, 0.2) is 0 Å². The number of esters is 1. The first kappa shape index (κ1) is 21.2. The van der Waals surface area contributed by atoms with Crippen LogP contribution in [0.5, 0.6) is 0 Å². The molecule has 0 radical (unpaired) electrons. The summed E-state index contributed by atoms with van der Waals surface area (Å²) in [6.45, 7) is 3.26. The van der Waals surface area contributed by atoms with E-state index in [1.54, 1.807) is 0 Å². The van der Waals surface area contributed by atoms with Crippen molar-refractivity contribution in [3.8, 4) is 0 Å². The van der Waals surface area contributed by atoms with Gasteiger partial charge in [-0.15, -0.1) is 0 Å². The standard InChI is InChI=1S/C21H33NO3/c1-2-3-4-5-6-7-8-9-10-11-12-13-14-15-16-17-20(23)25-21-22-18-19-24-21/h3-4,6-7,9-10H,2,5,8,11-19H2,1H3/b4-3-,7-6-,10-9-. The van der Waals surface area contributed by atoms with Gasteiger partial charge in [0, 0.05) is 6.42 Å². The van der Waals surface area contributed by atoms with E-state index in [9.17, 15) is 4.79 Å². The second kappa shape index (κ2) is 15.7. The summed E-state index contributed by atoms with van der Waals surface area (Å²) in [6, 6.07) is 0. The highest BCUT2D eigenvalue weighted by atomic mass is 16.7. The number of hydrogen-bond donors (Lipinski definition) is 0. The van der Waals surface area contributed by atoms with Gasteiger partial charge in [0.25, 0.3) is 0 Å². The van der Waals surface area contributed by atoms with Crippen LogP contribution in [0.1, 0.15) is 71.1 Å².